The molecule has 0 fully saturated rings. The van der Waals surface area contributed by atoms with Gasteiger partial charge in [-0.1, -0.05) is 0 Å². The molecule has 0 aliphatic carbocycles. The summed E-state index contributed by atoms with van der Waals surface area (Å²) in [5.74, 6) is 3.69. The molecule has 0 atom stereocenters. The molecular weight excluding hydrogens is 159 g/mol. The molecule has 0 amide bonds. The second-order valence-corrected chi connectivity index (χ2v) is 2.59. The first-order valence-electron chi connectivity index (χ1n) is 3.86. The van der Waals surface area contributed by atoms with Crippen molar-refractivity contribution in [2.24, 2.45) is 0 Å². The molecule has 0 saturated carbocycles. The summed E-state index contributed by atoms with van der Waals surface area (Å²) < 4.78 is 0. The third-order valence-electron chi connectivity index (χ3n) is 1.72. The first-order chi connectivity index (χ1) is 6.29. The van der Waals surface area contributed by atoms with Gasteiger partial charge in [0, 0.05) is 0 Å². The van der Waals surface area contributed by atoms with Crippen molar-refractivity contribution in [2.45, 2.75) is 6.92 Å². The predicted molar refractivity (Wildman–Crippen MR) is 51.6 cm³/mol. The van der Waals surface area contributed by atoms with E-state index in [0.717, 1.165) is 5.56 Å². The first kappa shape index (κ1) is 9.22. The van der Waals surface area contributed by atoms with E-state index in [2.05, 4.69) is 0 Å². The van der Waals surface area contributed by atoms with Gasteiger partial charge in [-0.2, -0.15) is 0 Å². The minimum atomic E-state index is 0.447. The molecule has 13 heavy (non-hydrogen) atoms. The molecule has 0 aromatic carbocycles. The molecule has 3 heteroatoms. The van der Waals surface area contributed by atoms with Gasteiger partial charge in [-0.05, 0) is 0 Å². The molecule has 1 rings (SSSR count). The van der Waals surface area contributed by atoms with E-state index in [-0.39, 0.29) is 0 Å². The van der Waals surface area contributed by atoms with Crippen molar-refractivity contribution < 1.29 is 0 Å². The van der Waals surface area contributed by atoms with E-state index in [1.165, 1.54) is 0 Å². The van der Waals surface area contributed by atoms with Gasteiger partial charge in [0.15, 0.2) is 0 Å². The average Bonchev–Trinajstić information content (AvgIpc) is 2.20. The second kappa shape index (κ2) is 4.23. The first-order valence-corrected chi connectivity index (χ1v) is 3.86. The van der Waals surface area contributed by atoms with E-state index in [1.54, 1.807) is 6.92 Å². The van der Waals surface area contributed by atoms with Gasteiger partial charge in [0.25, 0.3) is 0 Å². The monoisotopic (exact) mass is 166 g/mol. The molecule has 0 radical (unpaired) electrons. The normalized spacial score (nSPS) is 10.7. The van der Waals surface area contributed by atoms with Gasteiger partial charge < -0.3 is 0 Å². The van der Waals surface area contributed by atoms with E-state index < -0.39 is 0 Å². The number of rotatable bonds is 1. The predicted octanol–water partition coefficient (Wildman–Crippen LogP) is 1.85. The van der Waals surface area contributed by atoms with Crippen LogP contribution in [0.15, 0.2) is 29.6 Å². The van der Waals surface area contributed by atoms with Gasteiger partial charge in [0.2, 0.25) is 0 Å². The van der Waals surface area contributed by atoms with Crippen LogP contribution in [0.2, 0.25) is 0 Å². The Hall–Kier alpha value is -1.87. The summed E-state index contributed by atoms with van der Waals surface area (Å²) in [5.41, 5.74) is 1.70. The van der Waals surface area contributed by atoms with Gasteiger partial charge in [-0.25, -0.2) is 0 Å². The number of hydrogen-bond donors (Lipinski definition) is 0. The van der Waals surface area contributed by atoms with Crippen molar-refractivity contribution in [1.82, 2.24) is 0 Å². The molecule has 60 valence electrons. The summed E-state index contributed by atoms with van der Waals surface area (Å²) in [6.45, 7) is 3.49. The summed E-state index contributed by atoms with van der Waals surface area (Å²) in [5, 5.41) is 17.5. The SMILES string of the molecule is C/C(C#N)=C(\C#N)c1cbccc1. The van der Waals surface area contributed by atoms with E-state index in [9.17, 15) is 0 Å². The molecule has 1 aromatic heterocycles. The van der Waals surface area contributed by atoms with Gasteiger partial charge >= 0.3 is 77.3 Å². The Morgan fingerprint density at radius 2 is 2.15 bits per heavy atom. The van der Waals surface area contributed by atoms with Crippen molar-refractivity contribution in [3.63, 3.8) is 0 Å². The Labute approximate surface area is 78.0 Å². The summed E-state index contributed by atoms with van der Waals surface area (Å²) in [6.07, 6.45) is 0. The molecule has 2 nitrogen and oxygen atoms in total. The minimum absolute atomic E-state index is 0.447. The Morgan fingerprint density at radius 1 is 1.38 bits per heavy atom. The van der Waals surface area contributed by atoms with Gasteiger partial charge in [-0.15, -0.1) is 0 Å². The molecule has 1 heterocycles. The number of nitrogens with zero attached hydrogens (tertiary/aromatic N) is 2. The third-order valence-corrected chi connectivity index (χ3v) is 1.72. The quantitative estimate of drug-likeness (QED) is 0.597. The Bertz CT molecular complexity index is 407. The van der Waals surface area contributed by atoms with Crippen LogP contribution in [0, 0.1) is 22.7 Å². The summed E-state index contributed by atoms with van der Waals surface area (Å²) in [6, 6.07) is 7.66. The van der Waals surface area contributed by atoms with Crippen LogP contribution in [0.25, 0.3) is 5.57 Å². The fourth-order valence-corrected chi connectivity index (χ4v) is 1.03. The molecule has 0 aliphatic heterocycles. The van der Waals surface area contributed by atoms with Crippen LogP contribution in [-0.2, 0) is 0 Å². The molecule has 0 unspecified atom stereocenters. The zero-order valence-corrected chi connectivity index (χ0v) is 7.28. The van der Waals surface area contributed by atoms with Crippen LogP contribution in [0.4, 0.5) is 0 Å². The van der Waals surface area contributed by atoms with Crippen molar-refractivity contribution in [3.8, 4) is 12.1 Å². The van der Waals surface area contributed by atoms with E-state index in [4.69, 9.17) is 10.5 Å². The van der Waals surface area contributed by atoms with Crippen LogP contribution in [0.5, 0.6) is 0 Å². The Kier molecular flexibility index (Phi) is 3.00. The van der Waals surface area contributed by atoms with Gasteiger partial charge in [0.1, 0.15) is 0 Å². The molecule has 0 N–H and O–H groups in total. The third kappa shape index (κ3) is 2.04. The maximum atomic E-state index is 8.82. The zero-order chi connectivity index (χ0) is 9.68. The summed E-state index contributed by atoms with van der Waals surface area (Å²) >= 11 is 0. The van der Waals surface area contributed by atoms with Crippen molar-refractivity contribution in [3.05, 3.63) is 35.2 Å². The molecule has 1 aromatic rings. The maximum absolute atomic E-state index is 8.82. The fourth-order valence-electron chi connectivity index (χ4n) is 1.03. The number of hydrogen-bond acceptors (Lipinski definition) is 2. The van der Waals surface area contributed by atoms with Gasteiger partial charge in [0.05, 0.1) is 0 Å². The van der Waals surface area contributed by atoms with E-state index in [1.807, 2.05) is 43.1 Å². The van der Waals surface area contributed by atoms with Crippen molar-refractivity contribution >= 4 is 12.5 Å². The summed E-state index contributed by atoms with van der Waals surface area (Å²) in [7, 11) is 0. The van der Waals surface area contributed by atoms with E-state index >= 15 is 0 Å². The van der Waals surface area contributed by atoms with Crippen LogP contribution >= 0.6 is 0 Å². The Morgan fingerprint density at radius 3 is 2.62 bits per heavy atom. The zero-order valence-electron chi connectivity index (χ0n) is 7.28. The van der Waals surface area contributed by atoms with Crippen LogP contribution < -0.4 is 0 Å². The van der Waals surface area contributed by atoms with Crippen LogP contribution in [-0.4, -0.2) is 6.91 Å². The number of nitriles is 2. The van der Waals surface area contributed by atoms with Crippen LogP contribution in [0.3, 0.4) is 0 Å². The topological polar surface area (TPSA) is 47.6 Å². The molecule has 0 bridgehead atoms. The molecule has 0 saturated heterocycles. The fraction of sp³-hybridized carbons (Fsp3) is 0.100. The second-order valence-electron chi connectivity index (χ2n) is 2.59. The van der Waals surface area contributed by atoms with Gasteiger partial charge in [-0.3, -0.25) is 0 Å². The standard InChI is InChI=1S/C10H7BN2/c1-8(6-12)10(7-13)9-3-2-4-11-5-9/h2-5H,1H3/b10-8-. The Balaban J connectivity index is 3.25. The molecule has 0 aliphatic rings. The van der Waals surface area contributed by atoms with Crippen molar-refractivity contribution in [1.29, 1.82) is 10.5 Å². The molecule has 0 spiro atoms. The van der Waals surface area contributed by atoms with Crippen molar-refractivity contribution in [2.75, 3.05) is 0 Å². The summed E-state index contributed by atoms with van der Waals surface area (Å²) in [4.78, 5) is 0. The average molecular weight is 166 g/mol. The number of allylic oxidation sites excluding steroid dienone is 2. The van der Waals surface area contributed by atoms with E-state index in [0.29, 0.717) is 11.1 Å². The molecular formula is C10H7BN2. The van der Waals surface area contributed by atoms with Crippen LogP contribution in [0.1, 0.15) is 12.5 Å².